The first-order valence-electron chi connectivity index (χ1n) is 3.00. The van der Waals surface area contributed by atoms with Crippen molar-refractivity contribution in [3.63, 3.8) is 0 Å². The van der Waals surface area contributed by atoms with E-state index in [0.29, 0.717) is 5.92 Å². The first-order chi connectivity index (χ1) is 3.67. The molecule has 2 atom stereocenters. The van der Waals surface area contributed by atoms with Gasteiger partial charge in [0.15, 0.2) is 0 Å². The van der Waals surface area contributed by atoms with Gasteiger partial charge >= 0.3 is 0 Å². The van der Waals surface area contributed by atoms with Gasteiger partial charge in [-0.05, 0) is 25.7 Å². The fourth-order valence-electron chi connectivity index (χ4n) is 1.01. The molecule has 0 spiro atoms. The van der Waals surface area contributed by atoms with Gasteiger partial charge in [0.05, 0.1) is 5.60 Å². The molecule has 0 radical (unpaired) electrons. The molecule has 0 aromatic heterocycles. The van der Waals surface area contributed by atoms with E-state index in [1.165, 1.54) is 0 Å². The van der Waals surface area contributed by atoms with Crippen molar-refractivity contribution >= 4 is 0 Å². The summed E-state index contributed by atoms with van der Waals surface area (Å²) in [5.41, 5.74) is -0.442. The third kappa shape index (κ3) is 1.01. The zero-order valence-electron chi connectivity index (χ0n) is 5.09. The highest BCUT2D eigenvalue weighted by molar-refractivity contribution is 4.98. The number of hydrogen-bond donors (Lipinski definition) is 2. The predicted octanol–water partition coefficient (Wildman–Crippen LogP) is 0.140. The van der Waals surface area contributed by atoms with Gasteiger partial charge in [-0.25, -0.2) is 0 Å². The third-order valence-corrected chi connectivity index (χ3v) is 1.86. The Morgan fingerprint density at radius 3 is 2.38 bits per heavy atom. The van der Waals surface area contributed by atoms with E-state index < -0.39 is 5.60 Å². The van der Waals surface area contributed by atoms with Gasteiger partial charge in [-0.15, -0.1) is 0 Å². The number of aliphatic hydroxyl groups is 2. The molecule has 8 heavy (non-hydrogen) atoms. The van der Waals surface area contributed by atoms with Gasteiger partial charge in [0, 0.05) is 6.61 Å². The molecule has 0 aliphatic heterocycles. The van der Waals surface area contributed by atoms with Gasteiger partial charge in [-0.1, -0.05) is 0 Å². The Kier molecular flexibility index (Phi) is 1.29. The van der Waals surface area contributed by atoms with Gasteiger partial charge in [0.2, 0.25) is 0 Å². The van der Waals surface area contributed by atoms with Gasteiger partial charge in [0.1, 0.15) is 0 Å². The largest absolute Gasteiger partial charge is 0.396 e. The summed E-state index contributed by atoms with van der Waals surface area (Å²) in [6.45, 7) is 2.02. The third-order valence-electron chi connectivity index (χ3n) is 1.86. The van der Waals surface area contributed by atoms with Gasteiger partial charge < -0.3 is 10.2 Å². The van der Waals surface area contributed by atoms with Crippen LogP contribution in [0.25, 0.3) is 0 Å². The van der Waals surface area contributed by atoms with E-state index in [1.54, 1.807) is 0 Å². The Bertz CT molecular complexity index is 88.5. The molecule has 0 aromatic rings. The Hall–Kier alpha value is -0.0800. The van der Waals surface area contributed by atoms with Crippen LogP contribution in [0.4, 0.5) is 0 Å². The molecule has 2 heteroatoms. The molecule has 1 rings (SSSR count). The fourth-order valence-corrected chi connectivity index (χ4v) is 1.01. The second kappa shape index (κ2) is 1.71. The lowest BCUT2D eigenvalue weighted by molar-refractivity contribution is 0.142. The van der Waals surface area contributed by atoms with E-state index >= 15 is 0 Å². The van der Waals surface area contributed by atoms with Crippen LogP contribution in [0.1, 0.15) is 19.8 Å². The van der Waals surface area contributed by atoms with Crippen molar-refractivity contribution in [1.29, 1.82) is 0 Å². The molecule has 0 saturated heterocycles. The molecule has 2 nitrogen and oxygen atoms in total. The lowest BCUT2D eigenvalue weighted by Crippen LogP contribution is -2.04. The van der Waals surface area contributed by atoms with Crippen molar-refractivity contribution in [2.75, 3.05) is 6.61 Å². The second-order valence-corrected chi connectivity index (χ2v) is 2.77. The van der Waals surface area contributed by atoms with E-state index in [9.17, 15) is 0 Å². The standard InChI is InChI=1S/C6H12O2/c1-6(8)4-5(6)2-3-7/h5,7-8H,2-4H2,1H3. The van der Waals surface area contributed by atoms with E-state index in [2.05, 4.69) is 0 Å². The van der Waals surface area contributed by atoms with Crippen LogP contribution in [0.5, 0.6) is 0 Å². The molecule has 0 bridgehead atoms. The average molecular weight is 116 g/mol. The zero-order chi connectivity index (χ0) is 6.20. The van der Waals surface area contributed by atoms with E-state index in [1.807, 2.05) is 6.92 Å². The molecular weight excluding hydrogens is 104 g/mol. The highest BCUT2D eigenvalue weighted by Crippen LogP contribution is 2.44. The number of aliphatic hydroxyl groups excluding tert-OH is 1. The van der Waals surface area contributed by atoms with E-state index in [4.69, 9.17) is 10.2 Å². The minimum atomic E-state index is -0.442. The summed E-state index contributed by atoms with van der Waals surface area (Å²) in [5, 5.41) is 17.5. The lowest BCUT2D eigenvalue weighted by atomic mass is 10.2. The van der Waals surface area contributed by atoms with Crippen LogP contribution in [0, 0.1) is 5.92 Å². The summed E-state index contributed by atoms with van der Waals surface area (Å²) in [4.78, 5) is 0. The summed E-state index contributed by atoms with van der Waals surface area (Å²) in [5.74, 6) is 0.368. The zero-order valence-corrected chi connectivity index (χ0v) is 5.09. The van der Waals surface area contributed by atoms with Crippen LogP contribution in [0.2, 0.25) is 0 Å². The Morgan fingerprint density at radius 2 is 2.25 bits per heavy atom. The van der Waals surface area contributed by atoms with Crippen molar-refractivity contribution < 1.29 is 10.2 Å². The summed E-state index contributed by atoms with van der Waals surface area (Å²) in [6.07, 6.45) is 1.63. The Labute approximate surface area is 49.1 Å². The maximum atomic E-state index is 9.11. The SMILES string of the molecule is CC1(O)CC1CCO. The minimum Gasteiger partial charge on any atom is -0.396 e. The monoisotopic (exact) mass is 116 g/mol. The van der Waals surface area contributed by atoms with E-state index in [0.717, 1.165) is 12.8 Å². The Balaban J connectivity index is 2.17. The molecule has 0 aromatic carbocycles. The van der Waals surface area contributed by atoms with Crippen LogP contribution in [-0.2, 0) is 0 Å². The molecule has 0 amide bonds. The van der Waals surface area contributed by atoms with Crippen LogP contribution in [0.15, 0.2) is 0 Å². The fraction of sp³-hybridized carbons (Fsp3) is 1.00. The van der Waals surface area contributed by atoms with Crippen LogP contribution in [-0.4, -0.2) is 22.4 Å². The molecule has 2 unspecified atom stereocenters. The molecule has 1 fully saturated rings. The quantitative estimate of drug-likeness (QED) is 0.538. The normalized spacial score (nSPS) is 44.6. The number of rotatable bonds is 2. The molecule has 48 valence electrons. The van der Waals surface area contributed by atoms with Crippen molar-refractivity contribution in [1.82, 2.24) is 0 Å². The van der Waals surface area contributed by atoms with Gasteiger partial charge in [-0.3, -0.25) is 0 Å². The summed E-state index contributed by atoms with van der Waals surface area (Å²) >= 11 is 0. The van der Waals surface area contributed by atoms with E-state index in [-0.39, 0.29) is 6.61 Å². The van der Waals surface area contributed by atoms with Crippen LogP contribution < -0.4 is 0 Å². The maximum absolute atomic E-state index is 9.11. The lowest BCUT2D eigenvalue weighted by Gasteiger charge is -1.97. The molecule has 2 N–H and O–H groups in total. The van der Waals surface area contributed by atoms with Crippen LogP contribution in [0.3, 0.4) is 0 Å². The molecule has 1 aliphatic rings. The highest BCUT2D eigenvalue weighted by atomic mass is 16.3. The minimum absolute atomic E-state index is 0.209. The van der Waals surface area contributed by atoms with Gasteiger partial charge in [0.25, 0.3) is 0 Å². The van der Waals surface area contributed by atoms with Crippen molar-refractivity contribution in [2.45, 2.75) is 25.4 Å². The van der Waals surface area contributed by atoms with Crippen molar-refractivity contribution in [3.8, 4) is 0 Å². The predicted molar refractivity (Wildman–Crippen MR) is 30.4 cm³/mol. The van der Waals surface area contributed by atoms with Crippen molar-refractivity contribution in [2.24, 2.45) is 5.92 Å². The molecule has 1 saturated carbocycles. The summed E-state index contributed by atoms with van der Waals surface area (Å²) in [6, 6.07) is 0. The maximum Gasteiger partial charge on any atom is 0.0653 e. The Morgan fingerprint density at radius 1 is 1.75 bits per heavy atom. The smallest absolute Gasteiger partial charge is 0.0653 e. The molecule has 0 heterocycles. The first kappa shape index (κ1) is 6.05. The topological polar surface area (TPSA) is 40.5 Å². The van der Waals surface area contributed by atoms with Crippen LogP contribution >= 0.6 is 0 Å². The molecule has 1 aliphatic carbocycles. The molecular formula is C6H12O2. The van der Waals surface area contributed by atoms with Gasteiger partial charge in [-0.2, -0.15) is 0 Å². The number of hydrogen-bond acceptors (Lipinski definition) is 2. The highest BCUT2D eigenvalue weighted by Gasteiger charge is 2.47. The summed E-state index contributed by atoms with van der Waals surface area (Å²) in [7, 11) is 0. The first-order valence-corrected chi connectivity index (χ1v) is 3.00. The average Bonchev–Trinajstić information content (AvgIpc) is 2.15. The van der Waals surface area contributed by atoms with Crippen molar-refractivity contribution in [3.05, 3.63) is 0 Å². The second-order valence-electron chi connectivity index (χ2n) is 2.77. The summed E-state index contributed by atoms with van der Waals surface area (Å²) < 4.78 is 0.